The molecule has 0 aromatic rings. The molecule has 0 rings (SSSR count). The number of alkyl halides is 2. The molecule has 0 N–H and O–H groups in total. The predicted octanol–water partition coefficient (Wildman–Crippen LogP) is 2.80. The molecule has 0 heterocycles. The van der Waals surface area contributed by atoms with Gasteiger partial charge in [0, 0.05) is 5.88 Å². The summed E-state index contributed by atoms with van der Waals surface area (Å²) in [5.41, 5.74) is 1.09. The van der Waals surface area contributed by atoms with E-state index in [0.29, 0.717) is 5.88 Å². The van der Waals surface area contributed by atoms with E-state index < -0.39 is 0 Å². The van der Waals surface area contributed by atoms with Gasteiger partial charge in [-0.1, -0.05) is 6.08 Å². The normalized spacial score (nSPS) is 16.2. The second-order valence-corrected chi connectivity index (χ2v) is 2.54. The first-order valence-electron chi connectivity index (χ1n) is 2.57. The van der Waals surface area contributed by atoms with Crippen molar-refractivity contribution in [2.75, 3.05) is 5.88 Å². The zero-order valence-electron chi connectivity index (χ0n) is 5.12. The largest absolute Gasteiger partial charge is 0.122 e. The van der Waals surface area contributed by atoms with E-state index in [9.17, 15) is 0 Å². The molecule has 0 saturated carbocycles. The molecule has 0 aromatic heterocycles. The van der Waals surface area contributed by atoms with Crippen LogP contribution in [0.2, 0.25) is 0 Å². The van der Waals surface area contributed by atoms with Gasteiger partial charge in [-0.2, -0.15) is 0 Å². The summed E-state index contributed by atoms with van der Waals surface area (Å²) in [6, 6.07) is 0. The minimum absolute atomic E-state index is 0.0810. The van der Waals surface area contributed by atoms with Gasteiger partial charge in [0.05, 0.1) is 5.38 Å². The first kappa shape index (κ1) is 8.32. The maximum absolute atomic E-state index is 5.69. The van der Waals surface area contributed by atoms with Gasteiger partial charge >= 0.3 is 0 Å². The van der Waals surface area contributed by atoms with Crippen LogP contribution in [0.3, 0.4) is 0 Å². The van der Waals surface area contributed by atoms with Gasteiger partial charge in [-0.05, 0) is 19.4 Å². The second-order valence-electron chi connectivity index (χ2n) is 1.61. The molecule has 1 atom stereocenters. The quantitative estimate of drug-likeness (QED) is 0.422. The average Bonchev–Trinajstić information content (AvgIpc) is 1.69. The topological polar surface area (TPSA) is 0 Å². The first-order chi connectivity index (χ1) is 3.72. The molecule has 0 aliphatic heterocycles. The van der Waals surface area contributed by atoms with Crippen LogP contribution in [0.15, 0.2) is 11.6 Å². The molecule has 8 heavy (non-hydrogen) atoms. The molecule has 2 heteroatoms. The zero-order chi connectivity index (χ0) is 6.57. The van der Waals surface area contributed by atoms with Crippen LogP contribution < -0.4 is 0 Å². The Morgan fingerprint density at radius 1 is 1.75 bits per heavy atom. The van der Waals surface area contributed by atoms with Crippen LogP contribution >= 0.6 is 23.2 Å². The lowest BCUT2D eigenvalue weighted by Gasteiger charge is -2.01. The third-order valence-corrected chi connectivity index (χ3v) is 1.62. The van der Waals surface area contributed by atoms with Gasteiger partial charge in [-0.3, -0.25) is 0 Å². The summed E-state index contributed by atoms with van der Waals surface area (Å²) < 4.78 is 0. The Hall–Kier alpha value is 0.320. The molecule has 1 unspecified atom stereocenters. The van der Waals surface area contributed by atoms with Gasteiger partial charge in [-0.15, -0.1) is 23.2 Å². The van der Waals surface area contributed by atoms with Crippen molar-refractivity contribution < 1.29 is 0 Å². The lowest BCUT2D eigenvalue weighted by atomic mass is 10.2. The molecule has 0 aliphatic rings. The Morgan fingerprint density at radius 3 is 2.25 bits per heavy atom. The summed E-state index contributed by atoms with van der Waals surface area (Å²) in [6.45, 7) is 3.86. The van der Waals surface area contributed by atoms with Gasteiger partial charge < -0.3 is 0 Å². The van der Waals surface area contributed by atoms with Crippen molar-refractivity contribution in [2.24, 2.45) is 0 Å². The maximum atomic E-state index is 5.69. The van der Waals surface area contributed by atoms with Crippen molar-refractivity contribution in [2.45, 2.75) is 19.2 Å². The molecule has 48 valence electrons. The highest BCUT2D eigenvalue weighted by molar-refractivity contribution is 6.25. The van der Waals surface area contributed by atoms with E-state index in [0.717, 1.165) is 5.57 Å². The molecule has 0 radical (unpaired) electrons. The number of hydrogen-bond acceptors (Lipinski definition) is 0. The van der Waals surface area contributed by atoms with Crippen LogP contribution in [0.1, 0.15) is 13.8 Å². The molecule has 0 bridgehead atoms. The monoisotopic (exact) mass is 152 g/mol. The predicted molar refractivity (Wildman–Crippen MR) is 39.8 cm³/mol. The molecular formula is C6H10Cl2. The van der Waals surface area contributed by atoms with E-state index >= 15 is 0 Å². The Bertz CT molecular complexity index is 84.5. The average molecular weight is 153 g/mol. The Morgan fingerprint density at radius 2 is 2.25 bits per heavy atom. The minimum atomic E-state index is 0.0810. The molecule has 0 nitrogen and oxygen atoms in total. The fourth-order valence-corrected chi connectivity index (χ4v) is 1.08. The number of hydrogen-bond donors (Lipinski definition) is 0. The number of halogens is 2. The van der Waals surface area contributed by atoms with Crippen molar-refractivity contribution in [3.8, 4) is 0 Å². The van der Waals surface area contributed by atoms with Crippen molar-refractivity contribution in [1.29, 1.82) is 0 Å². The smallest absolute Gasteiger partial charge is 0.0528 e. The maximum Gasteiger partial charge on any atom is 0.0528 e. The highest BCUT2D eigenvalue weighted by Gasteiger charge is 1.99. The van der Waals surface area contributed by atoms with Crippen LogP contribution in [0, 0.1) is 0 Å². The SMILES string of the molecule is C/C=C(/CCl)C(C)Cl. The summed E-state index contributed by atoms with van der Waals surface area (Å²) in [5, 5.41) is 0.0810. The van der Waals surface area contributed by atoms with Gasteiger partial charge in [-0.25, -0.2) is 0 Å². The van der Waals surface area contributed by atoms with Gasteiger partial charge in [0.1, 0.15) is 0 Å². The molecule has 0 fully saturated rings. The zero-order valence-corrected chi connectivity index (χ0v) is 6.63. The standard InChI is InChI=1S/C6H10Cl2/c1-3-6(4-7)5(2)8/h3,5H,4H2,1-2H3/b6-3-. The summed E-state index contributed by atoms with van der Waals surface area (Å²) >= 11 is 11.2. The van der Waals surface area contributed by atoms with E-state index in [1.165, 1.54) is 0 Å². The summed E-state index contributed by atoms with van der Waals surface area (Å²) in [5.74, 6) is 0.543. The second kappa shape index (κ2) is 4.22. The molecule has 0 aromatic carbocycles. The van der Waals surface area contributed by atoms with E-state index in [-0.39, 0.29) is 5.38 Å². The summed E-state index contributed by atoms with van der Waals surface area (Å²) in [7, 11) is 0. The molecule has 0 aliphatic carbocycles. The highest BCUT2D eigenvalue weighted by atomic mass is 35.5. The van der Waals surface area contributed by atoms with E-state index in [2.05, 4.69) is 0 Å². The van der Waals surface area contributed by atoms with Crippen LogP contribution in [0.5, 0.6) is 0 Å². The Labute approximate surface area is 60.5 Å². The van der Waals surface area contributed by atoms with E-state index in [1.54, 1.807) is 0 Å². The van der Waals surface area contributed by atoms with Crippen molar-refractivity contribution in [3.63, 3.8) is 0 Å². The van der Waals surface area contributed by atoms with Gasteiger partial charge in [0.2, 0.25) is 0 Å². The van der Waals surface area contributed by atoms with Crippen LogP contribution in [0.25, 0.3) is 0 Å². The third-order valence-electron chi connectivity index (χ3n) is 1.04. The van der Waals surface area contributed by atoms with E-state index in [4.69, 9.17) is 23.2 Å². The fraction of sp³-hybridized carbons (Fsp3) is 0.667. The third kappa shape index (κ3) is 2.58. The molecule has 0 spiro atoms. The lowest BCUT2D eigenvalue weighted by molar-refractivity contribution is 1.10. The molecule has 0 saturated heterocycles. The van der Waals surface area contributed by atoms with Crippen LogP contribution in [0.4, 0.5) is 0 Å². The number of allylic oxidation sites excluding steroid dienone is 2. The van der Waals surface area contributed by atoms with Gasteiger partial charge in [0.15, 0.2) is 0 Å². The van der Waals surface area contributed by atoms with Crippen molar-refractivity contribution in [3.05, 3.63) is 11.6 Å². The minimum Gasteiger partial charge on any atom is -0.122 e. The van der Waals surface area contributed by atoms with Gasteiger partial charge in [0.25, 0.3) is 0 Å². The first-order valence-corrected chi connectivity index (χ1v) is 3.54. The van der Waals surface area contributed by atoms with Crippen molar-refractivity contribution in [1.82, 2.24) is 0 Å². The fourth-order valence-electron chi connectivity index (χ4n) is 0.413. The Balaban J connectivity index is 3.72. The van der Waals surface area contributed by atoms with Crippen LogP contribution in [-0.2, 0) is 0 Å². The van der Waals surface area contributed by atoms with E-state index in [1.807, 2.05) is 19.9 Å². The summed E-state index contributed by atoms with van der Waals surface area (Å²) in [6.07, 6.45) is 1.95. The number of rotatable bonds is 2. The highest BCUT2D eigenvalue weighted by Crippen LogP contribution is 2.09. The van der Waals surface area contributed by atoms with Crippen LogP contribution in [-0.4, -0.2) is 11.3 Å². The lowest BCUT2D eigenvalue weighted by Crippen LogP contribution is -1.97. The molecular weight excluding hydrogens is 143 g/mol. The molecule has 0 amide bonds. The summed E-state index contributed by atoms with van der Waals surface area (Å²) in [4.78, 5) is 0. The van der Waals surface area contributed by atoms with Crippen molar-refractivity contribution >= 4 is 23.2 Å². The Kier molecular flexibility index (Phi) is 4.39.